The largest absolute Gasteiger partial charge is 0.361 e. The lowest BCUT2D eigenvalue weighted by molar-refractivity contribution is -0.117. The summed E-state index contributed by atoms with van der Waals surface area (Å²) in [4.78, 5) is 10.8. The van der Waals surface area contributed by atoms with Crippen LogP contribution in [-0.2, 0) is 11.2 Å². The molecule has 60 valence electrons. The number of carbonyl (C=O) groups is 1. The van der Waals surface area contributed by atoms with E-state index in [4.69, 9.17) is 10.3 Å². The number of nitrogens with zero attached hydrogens (tertiary/aromatic N) is 1. The van der Waals surface area contributed by atoms with E-state index in [9.17, 15) is 4.79 Å². The van der Waals surface area contributed by atoms with Crippen LogP contribution in [0, 0.1) is 6.92 Å². The van der Waals surface area contributed by atoms with Crippen molar-refractivity contribution in [2.45, 2.75) is 13.3 Å². The molecule has 0 radical (unpaired) electrons. The molecule has 0 unspecified atom stereocenters. The number of carbonyl (C=O) groups excluding carboxylic acids is 1. The molecule has 0 saturated heterocycles. The molecule has 4 heteroatoms. The average Bonchev–Trinajstić information content (AvgIpc) is 2.35. The molecule has 0 amide bonds. The van der Waals surface area contributed by atoms with Crippen LogP contribution in [-0.4, -0.2) is 17.5 Å². The Bertz CT molecular complexity index is 255. The zero-order valence-corrected chi connectivity index (χ0v) is 6.33. The summed E-state index contributed by atoms with van der Waals surface area (Å²) in [6.45, 7) is 1.84. The maximum atomic E-state index is 10.8. The molecule has 1 aromatic heterocycles. The van der Waals surface area contributed by atoms with Gasteiger partial charge in [0.05, 0.1) is 18.7 Å². The van der Waals surface area contributed by atoms with E-state index in [2.05, 4.69) is 5.16 Å². The lowest BCUT2D eigenvalue weighted by Gasteiger charge is -1.89. The number of ketones is 1. The monoisotopic (exact) mass is 154 g/mol. The lowest BCUT2D eigenvalue weighted by atomic mass is 10.2. The molecular weight excluding hydrogens is 144 g/mol. The van der Waals surface area contributed by atoms with Crippen LogP contribution in [0.25, 0.3) is 0 Å². The molecule has 0 fully saturated rings. The Labute approximate surface area is 64.4 Å². The predicted octanol–water partition coefficient (Wildman–Crippen LogP) is 0.0533. The van der Waals surface area contributed by atoms with E-state index in [1.807, 2.05) is 0 Å². The first-order valence-corrected chi connectivity index (χ1v) is 3.36. The van der Waals surface area contributed by atoms with Crippen LogP contribution in [0.5, 0.6) is 0 Å². The number of hydrogen-bond acceptors (Lipinski definition) is 4. The van der Waals surface area contributed by atoms with Crippen LogP contribution in [0.2, 0.25) is 0 Å². The second-order valence-electron chi connectivity index (χ2n) is 2.35. The Balaban J connectivity index is 2.57. The predicted molar refractivity (Wildman–Crippen MR) is 39.0 cm³/mol. The minimum Gasteiger partial charge on any atom is -0.361 e. The van der Waals surface area contributed by atoms with Gasteiger partial charge in [-0.15, -0.1) is 0 Å². The van der Waals surface area contributed by atoms with Gasteiger partial charge in [-0.05, 0) is 6.92 Å². The third kappa shape index (κ3) is 2.16. The molecule has 4 nitrogen and oxygen atoms in total. The number of hydrogen-bond donors (Lipinski definition) is 1. The van der Waals surface area contributed by atoms with Gasteiger partial charge in [0, 0.05) is 6.07 Å². The second-order valence-corrected chi connectivity index (χ2v) is 2.35. The van der Waals surface area contributed by atoms with E-state index in [0.717, 1.165) is 0 Å². The van der Waals surface area contributed by atoms with E-state index < -0.39 is 0 Å². The third-order valence-electron chi connectivity index (χ3n) is 1.28. The summed E-state index contributed by atoms with van der Waals surface area (Å²) in [6.07, 6.45) is 0.272. The van der Waals surface area contributed by atoms with Gasteiger partial charge in [0.25, 0.3) is 0 Å². The fourth-order valence-corrected chi connectivity index (χ4v) is 0.775. The molecule has 0 atom stereocenters. The van der Waals surface area contributed by atoms with Crippen molar-refractivity contribution in [1.82, 2.24) is 5.16 Å². The second kappa shape index (κ2) is 3.30. The Morgan fingerprint density at radius 1 is 1.82 bits per heavy atom. The standard InChI is InChI=1S/C7H10N2O2/c1-5-2-6(9-11-5)3-7(10)4-8/h2H,3-4,8H2,1H3. The molecule has 11 heavy (non-hydrogen) atoms. The van der Waals surface area contributed by atoms with Crippen molar-refractivity contribution in [3.05, 3.63) is 17.5 Å². The zero-order valence-electron chi connectivity index (χ0n) is 6.33. The normalized spacial score (nSPS) is 10.0. The molecule has 2 N–H and O–H groups in total. The molecule has 0 aliphatic heterocycles. The van der Waals surface area contributed by atoms with E-state index in [1.165, 1.54) is 0 Å². The van der Waals surface area contributed by atoms with Crippen molar-refractivity contribution in [3.63, 3.8) is 0 Å². The maximum absolute atomic E-state index is 10.8. The summed E-state index contributed by atoms with van der Waals surface area (Å²) in [5.41, 5.74) is 5.77. The topological polar surface area (TPSA) is 69.1 Å². The minimum absolute atomic E-state index is 0.0294. The molecule has 0 aromatic carbocycles. The van der Waals surface area contributed by atoms with E-state index in [1.54, 1.807) is 13.0 Å². The summed E-state index contributed by atoms with van der Waals surface area (Å²) in [7, 11) is 0. The van der Waals surface area contributed by atoms with Gasteiger partial charge in [0.2, 0.25) is 0 Å². The molecule has 1 aromatic rings. The molecule has 0 aliphatic rings. The van der Waals surface area contributed by atoms with Crippen LogP contribution in [0.1, 0.15) is 11.5 Å². The number of aryl methyl sites for hydroxylation is 1. The van der Waals surface area contributed by atoms with E-state index in [-0.39, 0.29) is 18.7 Å². The minimum atomic E-state index is -0.0294. The van der Waals surface area contributed by atoms with Crippen molar-refractivity contribution >= 4 is 5.78 Å². The van der Waals surface area contributed by atoms with E-state index in [0.29, 0.717) is 11.5 Å². The van der Waals surface area contributed by atoms with Gasteiger partial charge in [-0.25, -0.2) is 0 Å². The van der Waals surface area contributed by atoms with Gasteiger partial charge in [-0.3, -0.25) is 4.79 Å². The van der Waals surface area contributed by atoms with Gasteiger partial charge >= 0.3 is 0 Å². The summed E-state index contributed by atoms with van der Waals surface area (Å²) in [6, 6.07) is 1.73. The van der Waals surface area contributed by atoms with Gasteiger partial charge in [-0.2, -0.15) is 0 Å². The molecule has 0 bridgehead atoms. The van der Waals surface area contributed by atoms with Gasteiger partial charge in [-0.1, -0.05) is 5.16 Å². The highest BCUT2D eigenvalue weighted by Gasteiger charge is 2.04. The van der Waals surface area contributed by atoms with Gasteiger partial charge in [0.1, 0.15) is 5.76 Å². The average molecular weight is 154 g/mol. The van der Waals surface area contributed by atoms with Crippen molar-refractivity contribution in [1.29, 1.82) is 0 Å². The lowest BCUT2D eigenvalue weighted by Crippen LogP contribution is -2.15. The molecule has 1 heterocycles. The van der Waals surface area contributed by atoms with Crippen LogP contribution in [0.4, 0.5) is 0 Å². The Kier molecular flexibility index (Phi) is 2.38. The fourth-order valence-electron chi connectivity index (χ4n) is 0.775. The van der Waals surface area contributed by atoms with Crippen LogP contribution < -0.4 is 5.73 Å². The highest BCUT2D eigenvalue weighted by atomic mass is 16.5. The SMILES string of the molecule is Cc1cc(CC(=O)CN)no1. The molecule has 1 rings (SSSR count). The Hall–Kier alpha value is -1.16. The maximum Gasteiger partial charge on any atom is 0.152 e. The van der Waals surface area contributed by atoms with Crippen molar-refractivity contribution in [3.8, 4) is 0 Å². The van der Waals surface area contributed by atoms with Crippen LogP contribution in [0.15, 0.2) is 10.6 Å². The third-order valence-corrected chi connectivity index (χ3v) is 1.28. The van der Waals surface area contributed by atoms with Gasteiger partial charge < -0.3 is 10.3 Å². The first-order valence-electron chi connectivity index (χ1n) is 3.36. The highest BCUT2D eigenvalue weighted by Crippen LogP contribution is 2.01. The quantitative estimate of drug-likeness (QED) is 0.668. The smallest absolute Gasteiger partial charge is 0.152 e. The van der Waals surface area contributed by atoms with E-state index >= 15 is 0 Å². The Morgan fingerprint density at radius 2 is 2.55 bits per heavy atom. The fraction of sp³-hybridized carbons (Fsp3) is 0.429. The summed E-state index contributed by atoms with van der Waals surface area (Å²) in [5, 5.41) is 3.65. The number of aromatic nitrogens is 1. The highest BCUT2D eigenvalue weighted by molar-refractivity contribution is 5.82. The van der Waals surface area contributed by atoms with Crippen molar-refractivity contribution < 1.29 is 9.32 Å². The molecule has 0 aliphatic carbocycles. The Morgan fingerprint density at radius 3 is 3.00 bits per heavy atom. The summed E-state index contributed by atoms with van der Waals surface area (Å²) >= 11 is 0. The first-order chi connectivity index (χ1) is 5.22. The number of nitrogens with two attached hydrogens (primary N) is 1. The van der Waals surface area contributed by atoms with Crippen LogP contribution >= 0.6 is 0 Å². The molecule has 0 spiro atoms. The van der Waals surface area contributed by atoms with Gasteiger partial charge in [0.15, 0.2) is 5.78 Å². The summed E-state index contributed by atoms with van der Waals surface area (Å²) < 4.78 is 4.77. The number of Topliss-reactive ketones (excluding diaryl/α,β-unsaturated/α-hetero) is 1. The van der Waals surface area contributed by atoms with Crippen LogP contribution in [0.3, 0.4) is 0 Å². The van der Waals surface area contributed by atoms with Crippen molar-refractivity contribution in [2.24, 2.45) is 5.73 Å². The zero-order chi connectivity index (χ0) is 8.27. The molecule has 0 saturated carbocycles. The first kappa shape index (κ1) is 7.94. The number of rotatable bonds is 3. The molecular formula is C7H10N2O2. The van der Waals surface area contributed by atoms with Crippen molar-refractivity contribution in [2.75, 3.05) is 6.54 Å². The summed E-state index contributed by atoms with van der Waals surface area (Å²) in [5.74, 6) is 0.683.